The van der Waals surface area contributed by atoms with Gasteiger partial charge >= 0.3 is 0 Å². The summed E-state index contributed by atoms with van der Waals surface area (Å²) < 4.78 is 1.86. The first-order valence-corrected chi connectivity index (χ1v) is 6.00. The zero-order valence-corrected chi connectivity index (χ0v) is 10.5. The highest BCUT2D eigenvalue weighted by molar-refractivity contribution is 8.06. The molecule has 0 amide bonds. The summed E-state index contributed by atoms with van der Waals surface area (Å²) in [6.07, 6.45) is 1.85. The topological polar surface area (TPSA) is 105 Å². The van der Waals surface area contributed by atoms with E-state index in [2.05, 4.69) is 12.1 Å². The Hall–Kier alpha value is -2.31. The molecule has 18 heavy (non-hydrogen) atoms. The van der Waals surface area contributed by atoms with Gasteiger partial charge in [0.25, 0.3) is 0 Å². The highest BCUT2D eigenvalue weighted by atomic mass is 32.2. The molecule has 6 heteroatoms. The number of aryl methyl sites for hydroxylation is 1. The van der Waals surface area contributed by atoms with Crippen molar-refractivity contribution in [2.75, 3.05) is 0 Å². The van der Waals surface area contributed by atoms with Crippen LogP contribution in [0.3, 0.4) is 0 Å². The molecule has 4 N–H and O–H groups in total. The van der Waals surface area contributed by atoms with Gasteiger partial charge in [0.05, 0.1) is 39.3 Å². The number of nitrogens with two attached hydrogens (primary N) is 2. The van der Waals surface area contributed by atoms with E-state index in [9.17, 15) is 10.5 Å². The first kappa shape index (κ1) is 12.2. The largest absolute Gasteiger partial charge is 0.392 e. The first-order chi connectivity index (χ1) is 8.60. The number of rotatable bonds is 1. The van der Waals surface area contributed by atoms with Gasteiger partial charge in [0.2, 0.25) is 0 Å². The summed E-state index contributed by atoms with van der Waals surface area (Å²) in [6, 6.07) is 7.88. The molecule has 0 bridgehead atoms. The van der Waals surface area contributed by atoms with E-state index in [-0.39, 0.29) is 0 Å². The molecule has 0 saturated carbocycles. The minimum Gasteiger partial charge on any atom is -0.392 e. The number of aromatic nitrogens is 1. The van der Waals surface area contributed by atoms with Crippen molar-refractivity contribution >= 4 is 11.8 Å². The average Bonchev–Trinajstić information content (AvgIpc) is 2.74. The van der Waals surface area contributed by atoms with E-state index < -0.39 is 5.92 Å². The van der Waals surface area contributed by atoms with Gasteiger partial charge in [-0.3, -0.25) is 0 Å². The maximum atomic E-state index is 9.24. The van der Waals surface area contributed by atoms with Crippen LogP contribution in [0.2, 0.25) is 0 Å². The third kappa shape index (κ3) is 1.73. The zero-order valence-electron chi connectivity index (χ0n) is 9.71. The number of hydrogen-bond donors (Lipinski definition) is 2. The Morgan fingerprint density at radius 2 is 1.78 bits per heavy atom. The van der Waals surface area contributed by atoms with Crippen LogP contribution in [0.1, 0.15) is 11.6 Å². The Kier molecular flexibility index (Phi) is 3.05. The lowest BCUT2D eigenvalue weighted by atomic mass is 9.89. The normalized spacial score (nSPS) is 16.6. The molecule has 5 nitrogen and oxygen atoms in total. The summed E-state index contributed by atoms with van der Waals surface area (Å²) >= 11 is 1.07. The predicted molar refractivity (Wildman–Crippen MR) is 69.4 cm³/mol. The molecular weight excluding hydrogens is 246 g/mol. The van der Waals surface area contributed by atoms with Crippen LogP contribution >= 0.6 is 11.8 Å². The van der Waals surface area contributed by atoms with Gasteiger partial charge in [0, 0.05) is 18.9 Å². The predicted octanol–water partition coefficient (Wildman–Crippen LogP) is 1.24. The number of thioether (sulfide) groups is 1. The molecule has 90 valence electrons. The molecule has 0 atom stereocenters. The summed E-state index contributed by atoms with van der Waals surface area (Å²) in [5.74, 6) is -0.471. The van der Waals surface area contributed by atoms with E-state index in [1.807, 2.05) is 29.9 Å². The van der Waals surface area contributed by atoms with Crippen LogP contribution in [-0.4, -0.2) is 4.57 Å². The minimum absolute atomic E-state index is 0.361. The lowest BCUT2D eigenvalue weighted by molar-refractivity contribution is 0.790. The summed E-state index contributed by atoms with van der Waals surface area (Å²) in [6.45, 7) is 0. The number of nitrogens with zero attached hydrogens (tertiary/aromatic N) is 3. The summed E-state index contributed by atoms with van der Waals surface area (Å²) in [4.78, 5) is 0. The molecule has 1 aliphatic heterocycles. The van der Waals surface area contributed by atoms with Crippen LogP contribution in [0.25, 0.3) is 0 Å². The van der Waals surface area contributed by atoms with Gasteiger partial charge in [-0.2, -0.15) is 10.5 Å². The van der Waals surface area contributed by atoms with Gasteiger partial charge in [0.15, 0.2) is 0 Å². The smallest absolute Gasteiger partial charge is 0.0985 e. The Balaban J connectivity index is 2.66. The number of allylic oxidation sites excluding steroid dienone is 2. The standard InChI is InChI=1S/C12H11N5S/c1-17-4-2-3-9(17)10-7(5-13)11(15)18-12(16)8(10)6-14/h2-4,10H,15-16H2,1H3. The highest BCUT2D eigenvalue weighted by Crippen LogP contribution is 2.42. The third-order valence-electron chi connectivity index (χ3n) is 2.85. The third-order valence-corrected chi connectivity index (χ3v) is 3.73. The van der Waals surface area contributed by atoms with Gasteiger partial charge in [-0.05, 0) is 12.1 Å². The van der Waals surface area contributed by atoms with Crippen molar-refractivity contribution in [1.29, 1.82) is 10.5 Å². The molecule has 0 fully saturated rings. The lowest BCUT2D eigenvalue weighted by Gasteiger charge is -2.23. The number of nitriles is 2. The van der Waals surface area contributed by atoms with Crippen molar-refractivity contribution in [1.82, 2.24) is 4.57 Å². The van der Waals surface area contributed by atoms with Crippen LogP contribution in [-0.2, 0) is 7.05 Å². The van der Waals surface area contributed by atoms with E-state index in [0.29, 0.717) is 21.2 Å². The fourth-order valence-electron chi connectivity index (χ4n) is 1.97. The van der Waals surface area contributed by atoms with Crippen LogP contribution in [0.4, 0.5) is 0 Å². The van der Waals surface area contributed by atoms with Crippen molar-refractivity contribution in [3.8, 4) is 12.1 Å². The van der Waals surface area contributed by atoms with Crippen LogP contribution in [0.5, 0.6) is 0 Å². The van der Waals surface area contributed by atoms with Gasteiger partial charge < -0.3 is 16.0 Å². The molecular formula is C12H11N5S. The van der Waals surface area contributed by atoms with Crippen molar-refractivity contribution in [3.63, 3.8) is 0 Å². The van der Waals surface area contributed by atoms with E-state index in [0.717, 1.165) is 17.5 Å². The van der Waals surface area contributed by atoms with Gasteiger partial charge in [-0.15, -0.1) is 0 Å². The molecule has 2 rings (SSSR count). The van der Waals surface area contributed by atoms with Crippen LogP contribution in [0, 0.1) is 22.7 Å². The molecule has 0 radical (unpaired) electrons. The van der Waals surface area contributed by atoms with Crippen LogP contribution in [0.15, 0.2) is 39.5 Å². The highest BCUT2D eigenvalue weighted by Gasteiger charge is 2.32. The summed E-state index contributed by atoms with van der Waals surface area (Å²) in [5, 5.41) is 19.2. The summed E-state index contributed by atoms with van der Waals surface area (Å²) in [7, 11) is 1.85. The van der Waals surface area contributed by atoms with Crippen molar-refractivity contribution in [2.45, 2.75) is 5.92 Å². The van der Waals surface area contributed by atoms with E-state index in [1.54, 1.807) is 0 Å². The van der Waals surface area contributed by atoms with Crippen molar-refractivity contribution in [3.05, 3.63) is 45.2 Å². The molecule has 1 aromatic heterocycles. The first-order valence-electron chi connectivity index (χ1n) is 5.18. The Morgan fingerprint density at radius 1 is 1.22 bits per heavy atom. The quantitative estimate of drug-likeness (QED) is 0.787. The van der Waals surface area contributed by atoms with Gasteiger partial charge in [-0.1, -0.05) is 11.8 Å². The second-order valence-corrected chi connectivity index (χ2v) is 4.94. The SMILES string of the molecule is Cn1cccc1C1C(C#N)=C(N)SC(N)=C1C#N. The maximum Gasteiger partial charge on any atom is 0.0985 e. The van der Waals surface area contributed by atoms with E-state index >= 15 is 0 Å². The number of hydrogen-bond acceptors (Lipinski definition) is 5. The fraction of sp³-hybridized carbons (Fsp3) is 0.167. The van der Waals surface area contributed by atoms with Crippen LogP contribution < -0.4 is 11.5 Å². The van der Waals surface area contributed by atoms with E-state index in [1.165, 1.54) is 0 Å². The molecule has 0 unspecified atom stereocenters. The minimum atomic E-state index is -0.471. The molecule has 0 aromatic carbocycles. The maximum absolute atomic E-state index is 9.24. The molecule has 2 heterocycles. The Morgan fingerprint density at radius 3 is 2.17 bits per heavy atom. The molecule has 0 spiro atoms. The molecule has 1 aliphatic rings. The molecule has 1 aromatic rings. The van der Waals surface area contributed by atoms with Crippen molar-refractivity contribution < 1.29 is 0 Å². The fourth-order valence-corrected chi connectivity index (χ4v) is 2.75. The van der Waals surface area contributed by atoms with E-state index in [4.69, 9.17) is 11.5 Å². The second kappa shape index (κ2) is 4.52. The molecule has 0 saturated heterocycles. The van der Waals surface area contributed by atoms with Crippen molar-refractivity contribution in [2.24, 2.45) is 18.5 Å². The molecule has 0 aliphatic carbocycles. The monoisotopic (exact) mass is 257 g/mol. The van der Waals surface area contributed by atoms with Gasteiger partial charge in [0.1, 0.15) is 0 Å². The van der Waals surface area contributed by atoms with Gasteiger partial charge in [-0.25, -0.2) is 0 Å². The lowest BCUT2D eigenvalue weighted by Crippen LogP contribution is -2.19. The zero-order chi connectivity index (χ0) is 13.3. The average molecular weight is 257 g/mol. The second-order valence-electron chi connectivity index (χ2n) is 3.86. The Labute approximate surface area is 109 Å². The summed E-state index contributed by atoms with van der Waals surface area (Å²) in [5.41, 5.74) is 13.3. The Bertz CT molecular complexity index is 602.